The van der Waals surface area contributed by atoms with Gasteiger partial charge in [-0.1, -0.05) is 24.3 Å². The highest BCUT2D eigenvalue weighted by Gasteiger charge is 2.24. The third-order valence-electron chi connectivity index (χ3n) is 5.84. The SMILES string of the molecule is Cc1cnc2c(c1)n(-c1ccc(-c3ccc(C(=O)O)cc3)cc1)c(=O)n2[C@H]1CCNC1.Cl. The van der Waals surface area contributed by atoms with Gasteiger partial charge in [-0.3, -0.25) is 9.13 Å². The number of pyridine rings is 1. The van der Waals surface area contributed by atoms with E-state index in [0.29, 0.717) is 5.65 Å². The van der Waals surface area contributed by atoms with Crippen molar-refractivity contribution in [3.05, 3.63) is 82.4 Å². The van der Waals surface area contributed by atoms with Gasteiger partial charge in [-0.15, -0.1) is 12.4 Å². The molecule has 0 aliphatic carbocycles. The molecule has 0 amide bonds. The summed E-state index contributed by atoms with van der Waals surface area (Å²) in [6.45, 7) is 3.63. The van der Waals surface area contributed by atoms with Crippen LogP contribution < -0.4 is 11.0 Å². The van der Waals surface area contributed by atoms with Crippen LogP contribution in [0.5, 0.6) is 0 Å². The number of imidazole rings is 1. The number of benzene rings is 2. The number of fused-ring (bicyclic) bond motifs is 1. The predicted molar refractivity (Wildman–Crippen MR) is 126 cm³/mol. The third-order valence-corrected chi connectivity index (χ3v) is 5.84. The molecule has 8 heteroatoms. The van der Waals surface area contributed by atoms with E-state index in [1.165, 1.54) is 0 Å². The molecular formula is C24H23ClN4O3. The van der Waals surface area contributed by atoms with Crippen LogP contribution in [0.4, 0.5) is 0 Å². The Balaban J connectivity index is 0.00000245. The molecule has 4 aromatic rings. The van der Waals surface area contributed by atoms with Crippen LogP contribution in [0, 0.1) is 6.92 Å². The molecule has 3 heterocycles. The van der Waals surface area contributed by atoms with Crippen LogP contribution in [0.1, 0.15) is 28.4 Å². The molecule has 0 bridgehead atoms. The number of carboxylic acids is 1. The second-order valence-electron chi connectivity index (χ2n) is 7.92. The van der Waals surface area contributed by atoms with Crippen LogP contribution in [-0.4, -0.2) is 38.3 Å². The summed E-state index contributed by atoms with van der Waals surface area (Å²) in [7, 11) is 0. The molecule has 2 N–H and O–H groups in total. The first-order valence-corrected chi connectivity index (χ1v) is 10.3. The largest absolute Gasteiger partial charge is 0.478 e. The number of halogens is 1. The first-order chi connectivity index (χ1) is 15.0. The van der Waals surface area contributed by atoms with Gasteiger partial charge in [-0.2, -0.15) is 0 Å². The fourth-order valence-corrected chi connectivity index (χ4v) is 4.24. The molecule has 1 fully saturated rings. The van der Waals surface area contributed by atoms with Crippen molar-refractivity contribution in [2.75, 3.05) is 13.1 Å². The number of hydrogen-bond acceptors (Lipinski definition) is 4. The van der Waals surface area contributed by atoms with E-state index in [1.807, 2.05) is 41.8 Å². The van der Waals surface area contributed by atoms with E-state index in [0.717, 1.165) is 47.4 Å². The lowest BCUT2D eigenvalue weighted by molar-refractivity contribution is 0.0697. The van der Waals surface area contributed by atoms with Gasteiger partial charge in [0.25, 0.3) is 0 Å². The zero-order valence-corrected chi connectivity index (χ0v) is 18.3. The summed E-state index contributed by atoms with van der Waals surface area (Å²) >= 11 is 0. The molecule has 0 spiro atoms. The van der Waals surface area contributed by atoms with Crippen molar-refractivity contribution in [2.45, 2.75) is 19.4 Å². The van der Waals surface area contributed by atoms with Crippen LogP contribution in [0.15, 0.2) is 65.6 Å². The van der Waals surface area contributed by atoms with Gasteiger partial charge in [0.15, 0.2) is 5.65 Å². The highest BCUT2D eigenvalue weighted by atomic mass is 35.5. The van der Waals surface area contributed by atoms with E-state index in [2.05, 4.69) is 10.3 Å². The van der Waals surface area contributed by atoms with E-state index < -0.39 is 5.97 Å². The molecule has 1 aliphatic rings. The van der Waals surface area contributed by atoms with Gasteiger partial charge in [0.1, 0.15) is 0 Å². The number of nitrogens with one attached hydrogen (secondary N) is 1. The fraction of sp³-hybridized carbons (Fsp3) is 0.208. The van der Waals surface area contributed by atoms with E-state index in [9.17, 15) is 9.59 Å². The monoisotopic (exact) mass is 450 g/mol. The number of aromatic carboxylic acids is 1. The molecule has 1 aliphatic heterocycles. The maximum Gasteiger partial charge on any atom is 0.335 e. The Morgan fingerprint density at radius 3 is 2.34 bits per heavy atom. The Morgan fingerprint density at radius 2 is 1.75 bits per heavy atom. The summed E-state index contributed by atoms with van der Waals surface area (Å²) in [6, 6.07) is 16.6. The topological polar surface area (TPSA) is 89.2 Å². The van der Waals surface area contributed by atoms with Crippen molar-refractivity contribution in [1.29, 1.82) is 0 Å². The van der Waals surface area contributed by atoms with Crippen molar-refractivity contribution in [1.82, 2.24) is 19.4 Å². The molecule has 1 atom stereocenters. The molecule has 0 saturated carbocycles. The van der Waals surface area contributed by atoms with Crippen molar-refractivity contribution in [2.24, 2.45) is 0 Å². The lowest BCUT2D eigenvalue weighted by Crippen LogP contribution is -2.28. The number of carbonyl (C=O) groups is 1. The van der Waals surface area contributed by atoms with Crippen LogP contribution in [-0.2, 0) is 0 Å². The van der Waals surface area contributed by atoms with Crippen molar-refractivity contribution >= 4 is 29.5 Å². The smallest absolute Gasteiger partial charge is 0.335 e. The van der Waals surface area contributed by atoms with E-state index in [-0.39, 0.29) is 29.7 Å². The van der Waals surface area contributed by atoms with Gasteiger partial charge in [0.05, 0.1) is 22.8 Å². The highest BCUT2D eigenvalue weighted by molar-refractivity contribution is 5.88. The lowest BCUT2D eigenvalue weighted by Gasteiger charge is -2.09. The maximum atomic E-state index is 13.4. The van der Waals surface area contributed by atoms with Gasteiger partial charge < -0.3 is 10.4 Å². The minimum Gasteiger partial charge on any atom is -0.478 e. The van der Waals surface area contributed by atoms with Gasteiger partial charge in [0, 0.05) is 12.7 Å². The quantitative estimate of drug-likeness (QED) is 0.493. The first-order valence-electron chi connectivity index (χ1n) is 10.3. The summed E-state index contributed by atoms with van der Waals surface area (Å²) in [5.41, 5.74) is 5.32. The van der Waals surface area contributed by atoms with Gasteiger partial charge in [0.2, 0.25) is 0 Å². The number of carboxylic acid groups (broad SMARTS) is 1. The highest BCUT2D eigenvalue weighted by Crippen LogP contribution is 2.25. The second-order valence-corrected chi connectivity index (χ2v) is 7.92. The number of rotatable bonds is 4. The summed E-state index contributed by atoms with van der Waals surface area (Å²) < 4.78 is 3.54. The maximum absolute atomic E-state index is 13.4. The summed E-state index contributed by atoms with van der Waals surface area (Å²) in [6.07, 6.45) is 2.70. The summed E-state index contributed by atoms with van der Waals surface area (Å²) in [5.74, 6) is -0.945. The molecule has 0 radical (unpaired) electrons. The van der Waals surface area contributed by atoms with Crippen molar-refractivity contribution in [3.63, 3.8) is 0 Å². The van der Waals surface area contributed by atoms with Gasteiger partial charge >= 0.3 is 11.7 Å². The predicted octanol–water partition coefficient (Wildman–Crippen LogP) is 3.82. The molecule has 5 rings (SSSR count). The number of aryl methyl sites for hydroxylation is 1. The Hall–Kier alpha value is -3.42. The minimum absolute atomic E-state index is 0. The zero-order chi connectivity index (χ0) is 21.5. The Bertz CT molecular complexity index is 1330. The third kappa shape index (κ3) is 3.70. The molecule has 1 saturated heterocycles. The number of nitrogens with zero attached hydrogens (tertiary/aromatic N) is 3. The molecule has 164 valence electrons. The average molecular weight is 451 g/mol. The van der Waals surface area contributed by atoms with Crippen LogP contribution >= 0.6 is 12.4 Å². The molecule has 32 heavy (non-hydrogen) atoms. The normalized spacial score (nSPS) is 15.6. The number of hydrogen-bond donors (Lipinski definition) is 2. The van der Waals surface area contributed by atoms with Gasteiger partial charge in [-0.05, 0) is 66.9 Å². The Morgan fingerprint density at radius 1 is 1.09 bits per heavy atom. The fourth-order valence-electron chi connectivity index (χ4n) is 4.24. The standard InChI is InChI=1S/C24H22N4O3.ClH/c1-15-12-21-22(26-13-15)28(20-10-11-25-14-20)24(31)27(21)19-8-6-17(7-9-19)16-2-4-18(5-3-16)23(29)30;/h2-9,12-13,20,25H,10-11,14H2,1H3,(H,29,30);1H/t20-;/m0./s1. The zero-order valence-electron chi connectivity index (χ0n) is 17.5. The van der Waals surface area contributed by atoms with E-state index in [4.69, 9.17) is 5.11 Å². The Labute approximate surface area is 190 Å². The van der Waals surface area contributed by atoms with Crippen LogP contribution in [0.2, 0.25) is 0 Å². The van der Waals surface area contributed by atoms with Crippen molar-refractivity contribution < 1.29 is 9.90 Å². The van der Waals surface area contributed by atoms with E-state index >= 15 is 0 Å². The summed E-state index contributed by atoms with van der Waals surface area (Å²) in [4.78, 5) is 29.1. The van der Waals surface area contributed by atoms with Crippen LogP contribution in [0.3, 0.4) is 0 Å². The van der Waals surface area contributed by atoms with Crippen LogP contribution in [0.25, 0.3) is 28.0 Å². The second kappa shape index (κ2) is 8.61. The minimum atomic E-state index is -0.945. The van der Waals surface area contributed by atoms with Gasteiger partial charge in [-0.25, -0.2) is 14.6 Å². The number of aromatic nitrogens is 3. The molecule has 2 aromatic carbocycles. The lowest BCUT2D eigenvalue weighted by atomic mass is 10.0. The first kappa shape index (κ1) is 21.8. The van der Waals surface area contributed by atoms with E-state index in [1.54, 1.807) is 35.0 Å². The molecule has 0 unspecified atom stereocenters. The molecule has 2 aromatic heterocycles. The Kier molecular flexibility index (Phi) is 5.86. The summed E-state index contributed by atoms with van der Waals surface area (Å²) in [5, 5.41) is 12.4. The average Bonchev–Trinajstić information content (AvgIpc) is 3.39. The molecule has 7 nitrogen and oxygen atoms in total. The molecular weight excluding hydrogens is 428 g/mol. The van der Waals surface area contributed by atoms with Crippen molar-refractivity contribution in [3.8, 4) is 16.8 Å².